The molecular weight excluding hydrogens is 332 g/mol. The minimum absolute atomic E-state index is 0.0595. The fourth-order valence-electron chi connectivity index (χ4n) is 1.98. The van der Waals surface area contributed by atoms with Crippen LogP contribution in [0.4, 0.5) is 5.69 Å². The number of ether oxygens (including phenoxy) is 1. The van der Waals surface area contributed by atoms with Crippen LogP contribution in [-0.4, -0.2) is 26.9 Å². The first kappa shape index (κ1) is 17.5. The third-order valence-corrected chi connectivity index (χ3v) is 4.49. The van der Waals surface area contributed by atoms with Crippen molar-refractivity contribution < 1.29 is 22.7 Å². The summed E-state index contributed by atoms with van der Waals surface area (Å²) in [7, 11) is -3.93. The molecule has 24 heavy (non-hydrogen) atoms. The number of para-hydroxylation sites is 1. The number of carbonyl (C=O) groups excluding carboxylic acids is 2. The molecule has 0 atom stereocenters. The Kier molecular flexibility index (Phi) is 5.20. The van der Waals surface area contributed by atoms with E-state index in [-0.39, 0.29) is 28.3 Å². The number of hydrogen-bond acceptors (Lipinski definition) is 5. The lowest BCUT2D eigenvalue weighted by Crippen LogP contribution is -2.18. The van der Waals surface area contributed by atoms with E-state index < -0.39 is 21.9 Å². The summed E-state index contributed by atoms with van der Waals surface area (Å²) in [5.41, 5.74) is 5.61. The van der Waals surface area contributed by atoms with Crippen LogP contribution in [0, 0.1) is 0 Å². The number of benzene rings is 2. The number of esters is 1. The third-order valence-electron chi connectivity index (χ3n) is 3.11. The van der Waals surface area contributed by atoms with Crippen molar-refractivity contribution in [1.29, 1.82) is 0 Å². The van der Waals surface area contributed by atoms with Gasteiger partial charge in [-0.3, -0.25) is 9.52 Å². The maximum atomic E-state index is 12.4. The number of sulfonamides is 1. The normalized spacial score (nSPS) is 10.9. The number of anilines is 1. The van der Waals surface area contributed by atoms with Crippen molar-refractivity contribution in [2.75, 3.05) is 11.3 Å². The predicted molar refractivity (Wildman–Crippen MR) is 88.2 cm³/mol. The smallest absolute Gasteiger partial charge is 0.338 e. The quantitative estimate of drug-likeness (QED) is 0.772. The molecule has 0 unspecified atom stereocenters. The van der Waals surface area contributed by atoms with Gasteiger partial charge in [-0.15, -0.1) is 0 Å². The summed E-state index contributed by atoms with van der Waals surface area (Å²) in [5.74, 6) is -1.28. The molecule has 0 aliphatic carbocycles. The van der Waals surface area contributed by atoms with E-state index in [4.69, 9.17) is 10.5 Å². The number of nitrogens with one attached hydrogen (secondary N) is 1. The van der Waals surface area contributed by atoms with Crippen molar-refractivity contribution in [3.63, 3.8) is 0 Å². The molecule has 126 valence electrons. The van der Waals surface area contributed by atoms with Crippen LogP contribution in [-0.2, 0) is 14.8 Å². The van der Waals surface area contributed by atoms with Gasteiger partial charge in [0.2, 0.25) is 0 Å². The monoisotopic (exact) mass is 348 g/mol. The zero-order valence-electron chi connectivity index (χ0n) is 12.9. The van der Waals surface area contributed by atoms with Gasteiger partial charge in [0, 0.05) is 0 Å². The van der Waals surface area contributed by atoms with Gasteiger partial charge in [-0.25, -0.2) is 13.2 Å². The highest BCUT2D eigenvalue weighted by Crippen LogP contribution is 2.20. The van der Waals surface area contributed by atoms with Gasteiger partial charge in [-0.2, -0.15) is 0 Å². The third kappa shape index (κ3) is 3.90. The summed E-state index contributed by atoms with van der Waals surface area (Å²) < 4.78 is 32.0. The Bertz CT molecular complexity index is 860. The highest BCUT2D eigenvalue weighted by atomic mass is 32.2. The number of rotatable bonds is 6. The van der Waals surface area contributed by atoms with Gasteiger partial charge in [-0.05, 0) is 43.3 Å². The van der Waals surface area contributed by atoms with Crippen LogP contribution < -0.4 is 10.5 Å². The van der Waals surface area contributed by atoms with E-state index in [1.54, 1.807) is 19.1 Å². The molecule has 3 N–H and O–H groups in total. The molecule has 0 saturated carbocycles. The fraction of sp³-hybridized carbons (Fsp3) is 0.125. The highest BCUT2D eigenvalue weighted by molar-refractivity contribution is 7.92. The topological polar surface area (TPSA) is 116 Å². The van der Waals surface area contributed by atoms with E-state index in [1.165, 1.54) is 36.4 Å². The van der Waals surface area contributed by atoms with Gasteiger partial charge in [0.05, 0.1) is 28.3 Å². The molecule has 0 bridgehead atoms. The van der Waals surface area contributed by atoms with E-state index >= 15 is 0 Å². The van der Waals surface area contributed by atoms with Crippen molar-refractivity contribution in [2.45, 2.75) is 11.8 Å². The van der Waals surface area contributed by atoms with E-state index in [0.29, 0.717) is 0 Å². The SMILES string of the molecule is CCOC(=O)c1ccc(S(=O)(=O)Nc2ccccc2C(N)=O)cc1. The van der Waals surface area contributed by atoms with Crippen molar-refractivity contribution in [3.05, 3.63) is 59.7 Å². The Labute approximate surface area is 139 Å². The molecule has 0 aromatic heterocycles. The standard InChI is InChI=1S/C16H16N2O5S/c1-2-23-16(20)11-7-9-12(10-8-11)24(21,22)18-14-6-4-3-5-13(14)15(17)19/h3-10,18H,2H2,1H3,(H2,17,19). The van der Waals surface area contributed by atoms with Crippen LogP contribution >= 0.6 is 0 Å². The Morgan fingerprint density at radius 2 is 1.71 bits per heavy atom. The summed E-state index contributed by atoms with van der Waals surface area (Å²) in [6.45, 7) is 1.90. The van der Waals surface area contributed by atoms with Gasteiger partial charge < -0.3 is 10.5 Å². The van der Waals surface area contributed by atoms with Crippen LogP contribution in [0.3, 0.4) is 0 Å². The summed E-state index contributed by atoms with van der Waals surface area (Å²) in [6.07, 6.45) is 0. The van der Waals surface area contributed by atoms with Gasteiger partial charge >= 0.3 is 5.97 Å². The van der Waals surface area contributed by atoms with E-state index in [0.717, 1.165) is 0 Å². The number of hydrogen-bond donors (Lipinski definition) is 2. The van der Waals surface area contributed by atoms with E-state index in [9.17, 15) is 18.0 Å². The molecule has 0 aliphatic rings. The molecule has 7 nitrogen and oxygen atoms in total. The summed E-state index contributed by atoms with van der Waals surface area (Å²) in [6, 6.07) is 11.3. The van der Waals surface area contributed by atoms with Gasteiger partial charge in [0.1, 0.15) is 0 Å². The van der Waals surface area contributed by atoms with Crippen molar-refractivity contribution >= 4 is 27.6 Å². The lowest BCUT2D eigenvalue weighted by atomic mass is 10.2. The van der Waals surface area contributed by atoms with Gasteiger partial charge in [-0.1, -0.05) is 12.1 Å². The fourth-order valence-corrected chi connectivity index (χ4v) is 3.06. The Morgan fingerprint density at radius 3 is 2.29 bits per heavy atom. The zero-order valence-corrected chi connectivity index (χ0v) is 13.7. The van der Waals surface area contributed by atoms with Gasteiger partial charge in [0.15, 0.2) is 0 Å². The van der Waals surface area contributed by atoms with Crippen LogP contribution in [0.1, 0.15) is 27.6 Å². The summed E-state index contributed by atoms with van der Waals surface area (Å²) in [4.78, 5) is 22.9. The first-order chi connectivity index (χ1) is 11.3. The molecule has 0 radical (unpaired) electrons. The highest BCUT2D eigenvalue weighted by Gasteiger charge is 2.18. The molecule has 2 aromatic rings. The molecular formula is C16H16N2O5S. The van der Waals surface area contributed by atoms with Crippen LogP contribution in [0.5, 0.6) is 0 Å². The Hall–Kier alpha value is -2.87. The predicted octanol–water partition coefficient (Wildman–Crippen LogP) is 1.76. The lowest BCUT2D eigenvalue weighted by Gasteiger charge is -2.11. The van der Waals surface area contributed by atoms with Crippen molar-refractivity contribution in [2.24, 2.45) is 5.73 Å². The molecule has 0 spiro atoms. The minimum atomic E-state index is -3.93. The van der Waals surface area contributed by atoms with E-state index in [1.807, 2.05) is 0 Å². The summed E-state index contributed by atoms with van der Waals surface area (Å²) in [5, 5.41) is 0. The number of nitrogens with two attached hydrogens (primary N) is 1. The molecule has 8 heteroatoms. The number of primary amides is 1. The molecule has 0 aliphatic heterocycles. The molecule has 2 rings (SSSR count). The van der Waals surface area contributed by atoms with Crippen LogP contribution in [0.25, 0.3) is 0 Å². The molecule has 0 fully saturated rings. The molecule has 0 saturated heterocycles. The molecule has 1 amide bonds. The second-order valence-electron chi connectivity index (χ2n) is 4.76. The van der Waals surface area contributed by atoms with Crippen molar-refractivity contribution in [3.8, 4) is 0 Å². The zero-order chi connectivity index (χ0) is 17.7. The number of amides is 1. The van der Waals surface area contributed by atoms with Crippen LogP contribution in [0.2, 0.25) is 0 Å². The first-order valence-electron chi connectivity index (χ1n) is 7.04. The largest absolute Gasteiger partial charge is 0.462 e. The first-order valence-corrected chi connectivity index (χ1v) is 8.52. The van der Waals surface area contributed by atoms with Crippen molar-refractivity contribution in [1.82, 2.24) is 0 Å². The second kappa shape index (κ2) is 7.14. The maximum absolute atomic E-state index is 12.4. The summed E-state index contributed by atoms with van der Waals surface area (Å²) >= 11 is 0. The van der Waals surface area contributed by atoms with Gasteiger partial charge in [0.25, 0.3) is 15.9 Å². The van der Waals surface area contributed by atoms with E-state index in [2.05, 4.69) is 4.72 Å². The lowest BCUT2D eigenvalue weighted by molar-refractivity contribution is 0.0526. The average molecular weight is 348 g/mol. The average Bonchev–Trinajstić information content (AvgIpc) is 2.55. The number of carbonyl (C=O) groups is 2. The maximum Gasteiger partial charge on any atom is 0.338 e. The minimum Gasteiger partial charge on any atom is -0.462 e. The second-order valence-corrected chi connectivity index (χ2v) is 6.44. The van der Waals surface area contributed by atoms with Crippen LogP contribution in [0.15, 0.2) is 53.4 Å². The molecule has 2 aromatic carbocycles. The Balaban J connectivity index is 2.28. The molecule has 0 heterocycles. The Morgan fingerprint density at radius 1 is 1.08 bits per heavy atom.